The summed E-state index contributed by atoms with van der Waals surface area (Å²) >= 11 is 7.58. The lowest BCUT2D eigenvalue weighted by Gasteiger charge is -2.34. The third-order valence-electron chi connectivity index (χ3n) is 5.62. The SMILES string of the molecule is O=C(Nc1cc(C(=O)N2CCC(C(O)c3ccccc3)CC2)ccc1Cl)c1cccs1. The van der Waals surface area contributed by atoms with Crippen LogP contribution in [0.1, 0.15) is 44.5 Å². The molecule has 1 fully saturated rings. The lowest BCUT2D eigenvalue weighted by atomic mass is 9.87. The van der Waals surface area contributed by atoms with Crippen LogP contribution < -0.4 is 5.32 Å². The summed E-state index contributed by atoms with van der Waals surface area (Å²) in [5.41, 5.74) is 1.81. The van der Waals surface area contributed by atoms with E-state index in [4.69, 9.17) is 11.6 Å². The van der Waals surface area contributed by atoms with Gasteiger partial charge in [0.05, 0.1) is 21.7 Å². The van der Waals surface area contributed by atoms with Crippen molar-refractivity contribution in [2.24, 2.45) is 5.92 Å². The van der Waals surface area contributed by atoms with Crippen LogP contribution in [0.3, 0.4) is 0 Å². The largest absolute Gasteiger partial charge is 0.388 e. The van der Waals surface area contributed by atoms with Gasteiger partial charge in [-0.25, -0.2) is 0 Å². The van der Waals surface area contributed by atoms with Gasteiger partial charge in [-0.3, -0.25) is 9.59 Å². The van der Waals surface area contributed by atoms with E-state index in [0.717, 1.165) is 18.4 Å². The average Bonchev–Trinajstić information content (AvgIpc) is 3.35. The predicted molar refractivity (Wildman–Crippen MR) is 124 cm³/mol. The Morgan fingerprint density at radius 3 is 2.48 bits per heavy atom. The summed E-state index contributed by atoms with van der Waals surface area (Å²) in [6.45, 7) is 1.15. The Hall–Kier alpha value is -2.67. The summed E-state index contributed by atoms with van der Waals surface area (Å²) in [5.74, 6) is -0.231. The zero-order chi connectivity index (χ0) is 21.8. The first-order chi connectivity index (χ1) is 15.0. The summed E-state index contributed by atoms with van der Waals surface area (Å²) in [5, 5.41) is 15.7. The van der Waals surface area contributed by atoms with Crippen molar-refractivity contribution in [3.63, 3.8) is 0 Å². The molecule has 1 saturated heterocycles. The van der Waals surface area contributed by atoms with Gasteiger partial charge in [0, 0.05) is 18.7 Å². The molecule has 0 spiro atoms. The number of benzene rings is 2. The first kappa shape index (κ1) is 21.6. The highest BCUT2D eigenvalue weighted by Gasteiger charge is 2.29. The molecule has 0 aliphatic carbocycles. The molecule has 4 rings (SSSR count). The zero-order valence-electron chi connectivity index (χ0n) is 16.8. The molecule has 0 radical (unpaired) electrons. The van der Waals surface area contributed by atoms with E-state index < -0.39 is 6.10 Å². The lowest BCUT2D eigenvalue weighted by molar-refractivity contribution is 0.0462. The average molecular weight is 455 g/mol. The molecule has 31 heavy (non-hydrogen) atoms. The number of hydrogen-bond acceptors (Lipinski definition) is 4. The zero-order valence-corrected chi connectivity index (χ0v) is 18.4. The number of nitrogens with zero attached hydrogens (tertiary/aromatic N) is 1. The minimum Gasteiger partial charge on any atom is -0.388 e. The Balaban J connectivity index is 1.40. The van der Waals surface area contributed by atoms with Crippen molar-refractivity contribution in [2.45, 2.75) is 18.9 Å². The van der Waals surface area contributed by atoms with E-state index in [2.05, 4.69) is 5.32 Å². The van der Waals surface area contributed by atoms with Gasteiger partial charge in [0.2, 0.25) is 0 Å². The number of likely N-dealkylation sites (tertiary alicyclic amines) is 1. The van der Waals surface area contributed by atoms with Crippen molar-refractivity contribution in [1.82, 2.24) is 4.90 Å². The Morgan fingerprint density at radius 1 is 1.06 bits per heavy atom. The number of carbonyl (C=O) groups is 2. The molecule has 2 N–H and O–H groups in total. The number of halogens is 1. The van der Waals surface area contributed by atoms with Crippen LogP contribution in [0.15, 0.2) is 66.0 Å². The molecule has 1 atom stereocenters. The highest BCUT2D eigenvalue weighted by molar-refractivity contribution is 7.12. The molecule has 0 bridgehead atoms. The number of carbonyl (C=O) groups excluding carboxylic acids is 2. The van der Waals surface area contributed by atoms with Crippen LogP contribution in [0.25, 0.3) is 0 Å². The third kappa shape index (κ3) is 4.98. The van der Waals surface area contributed by atoms with Gasteiger partial charge in [0.25, 0.3) is 11.8 Å². The number of piperidine rings is 1. The van der Waals surface area contributed by atoms with Crippen LogP contribution in [-0.4, -0.2) is 34.9 Å². The van der Waals surface area contributed by atoms with Gasteiger partial charge in [0.1, 0.15) is 0 Å². The molecule has 1 aliphatic heterocycles. The summed E-state index contributed by atoms with van der Waals surface area (Å²) in [4.78, 5) is 27.8. The maximum Gasteiger partial charge on any atom is 0.265 e. The van der Waals surface area contributed by atoms with Crippen LogP contribution >= 0.6 is 22.9 Å². The van der Waals surface area contributed by atoms with Crippen molar-refractivity contribution in [2.75, 3.05) is 18.4 Å². The summed E-state index contributed by atoms with van der Waals surface area (Å²) in [6.07, 6.45) is 0.947. The predicted octanol–water partition coefficient (Wildman–Crippen LogP) is 5.24. The number of anilines is 1. The molecule has 160 valence electrons. The molecule has 1 unspecified atom stereocenters. The minimum atomic E-state index is -0.520. The Kier molecular flexibility index (Phi) is 6.70. The van der Waals surface area contributed by atoms with Gasteiger partial charge in [-0.15, -0.1) is 11.3 Å². The van der Waals surface area contributed by atoms with Crippen LogP contribution in [0.4, 0.5) is 5.69 Å². The number of amides is 2. The number of hydrogen-bond donors (Lipinski definition) is 2. The molecular weight excluding hydrogens is 432 g/mol. The second kappa shape index (κ2) is 9.64. The molecule has 2 amide bonds. The van der Waals surface area contributed by atoms with Crippen molar-refractivity contribution >= 4 is 40.4 Å². The summed E-state index contributed by atoms with van der Waals surface area (Å²) in [7, 11) is 0. The number of aliphatic hydroxyl groups excluding tert-OH is 1. The fourth-order valence-electron chi connectivity index (χ4n) is 3.87. The topological polar surface area (TPSA) is 69.6 Å². The van der Waals surface area contributed by atoms with Crippen LogP contribution in [0.5, 0.6) is 0 Å². The van der Waals surface area contributed by atoms with Crippen molar-refractivity contribution in [3.05, 3.63) is 87.1 Å². The normalized spacial score (nSPS) is 15.5. The maximum atomic E-state index is 13.0. The second-order valence-electron chi connectivity index (χ2n) is 7.61. The molecule has 2 aromatic carbocycles. The monoisotopic (exact) mass is 454 g/mol. The highest BCUT2D eigenvalue weighted by Crippen LogP contribution is 2.32. The van der Waals surface area contributed by atoms with Crippen LogP contribution in [0.2, 0.25) is 5.02 Å². The smallest absolute Gasteiger partial charge is 0.265 e. The van der Waals surface area contributed by atoms with E-state index in [-0.39, 0.29) is 17.7 Å². The minimum absolute atomic E-state index is 0.101. The van der Waals surface area contributed by atoms with E-state index in [1.807, 2.05) is 35.7 Å². The fourth-order valence-corrected chi connectivity index (χ4v) is 4.65. The van der Waals surface area contributed by atoms with Gasteiger partial charge in [0.15, 0.2) is 0 Å². The van der Waals surface area contributed by atoms with Gasteiger partial charge < -0.3 is 15.3 Å². The maximum absolute atomic E-state index is 13.0. The molecule has 5 nitrogen and oxygen atoms in total. The number of rotatable bonds is 5. The molecule has 7 heteroatoms. The van der Waals surface area contributed by atoms with E-state index in [1.165, 1.54) is 11.3 Å². The van der Waals surface area contributed by atoms with E-state index in [1.54, 1.807) is 35.2 Å². The lowest BCUT2D eigenvalue weighted by Crippen LogP contribution is -2.39. The Labute approximate surface area is 190 Å². The van der Waals surface area contributed by atoms with Gasteiger partial charge in [-0.1, -0.05) is 48.0 Å². The number of aliphatic hydroxyl groups is 1. The molecule has 0 saturated carbocycles. The Bertz CT molecular complexity index is 1050. The number of thiophene rings is 1. The highest BCUT2D eigenvalue weighted by atomic mass is 35.5. The summed E-state index contributed by atoms with van der Waals surface area (Å²) < 4.78 is 0. The van der Waals surface area contributed by atoms with Gasteiger partial charge in [-0.2, -0.15) is 0 Å². The van der Waals surface area contributed by atoms with Crippen LogP contribution in [0, 0.1) is 5.92 Å². The third-order valence-corrected chi connectivity index (χ3v) is 6.82. The molecular formula is C24H23ClN2O3S. The van der Waals surface area contributed by atoms with E-state index >= 15 is 0 Å². The second-order valence-corrected chi connectivity index (χ2v) is 8.97. The standard InChI is InChI=1S/C24H23ClN2O3S/c25-19-9-8-18(15-20(19)26-23(29)21-7-4-14-31-21)24(30)27-12-10-17(11-13-27)22(28)16-5-2-1-3-6-16/h1-9,14-15,17,22,28H,10-13H2,(H,26,29). The molecule has 3 aromatic rings. The fraction of sp³-hybridized carbons (Fsp3) is 0.250. The number of nitrogens with one attached hydrogen (secondary N) is 1. The first-order valence-electron chi connectivity index (χ1n) is 10.2. The quantitative estimate of drug-likeness (QED) is 0.553. The van der Waals surface area contributed by atoms with Crippen molar-refractivity contribution in [1.29, 1.82) is 0 Å². The van der Waals surface area contributed by atoms with Crippen LogP contribution in [-0.2, 0) is 0 Å². The Morgan fingerprint density at radius 2 is 1.81 bits per heavy atom. The first-order valence-corrected chi connectivity index (χ1v) is 11.5. The summed E-state index contributed by atoms with van der Waals surface area (Å²) in [6, 6.07) is 18.1. The van der Waals surface area contributed by atoms with Crippen molar-refractivity contribution in [3.8, 4) is 0 Å². The van der Waals surface area contributed by atoms with Gasteiger partial charge >= 0.3 is 0 Å². The molecule has 1 aromatic heterocycles. The molecule has 1 aliphatic rings. The van der Waals surface area contributed by atoms with Gasteiger partial charge in [-0.05, 0) is 54.0 Å². The van der Waals surface area contributed by atoms with E-state index in [9.17, 15) is 14.7 Å². The van der Waals surface area contributed by atoms with E-state index in [0.29, 0.717) is 34.2 Å². The molecule has 2 heterocycles. The van der Waals surface area contributed by atoms with Crippen molar-refractivity contribution < 1.29 is 14.7 Å².